The van der Waals surface area contributed by atoms with Crippen LogP contribution in [0.25, 0.3) is 0 Å². The van der Waals surface area contributed by atoms with Gasteiger partial charge in [-0.15, -0.1) is 0 Å². The minimum Gasteiger partial charge on any atom is -0.319 e. The van der Waals surface area contributed by atoms with Crippen LogP contribution >= 0.6 is 0 Å². The average molecular weight is 235 g/mol. The smallest absolute Gasteiger partial charge is 0.123 e. The summed E-state index contributed by atoms with van der Waals surface area (Å²) in [4.78, 5) is 0. The normalized spacial score (nSPS) is 24.2. The lowest BCUT2D eigenvalue weighted by Crippen LogP contribution is -2.23. The maximum absolute atomic E-state index is 13.3. The van der Waals surface area contributed by atoms with Gasteiger partial charge in [0.05, 0.1) is 0 Å². The van der Waals surface area contributed by atoms with E-state index in [0.717, 1.165) is 24.8 Å². The first-order valence-electron chi connectivity index (χ1n) is 6.60. The van der Waals surface area contributed by atoms with E-state index in [2.05, 4.69) is 12.2 Å². The predicted octanol–water partition coefficient (Wildman–Crippen LogP) is 3.31. The minimum absolute atomic E-state index is 0.103. The quantitative estimate of drug-likeness (QED) is 0.844. The lowest BCUT2D eigenvalue weighted by molar-refractivity contribution is 0.373. The minimum atomic E-state index is -0.103. The molecule has 0 spiro atoms. The van der Waals surface area contributed by atoms with Crippen molar-refractivity contribution >= 4 is 0 Å². The first-order chi connectivity index (χ1) is 8.20. The van der Waals surface area contributed by atoms with Gasteiger partial charge in [-0.2, -0.15) is 0 Å². The van der Waals surface area contributed by atoms with Crippen molar-refractivity contribution in [3.8, 4) is 0 Å². The van der Waals surface area contributed by atoms with Crippen LogP contribution in [0.5, 0.6) is 0 Å². The summed E-state index contributed by atoms with van der Waals surface area (Å²) in [6.07, 6.45) is 4.98. The summed E-state index contributed by atoms with van der Waals surface area (Å²) in [5.41, 5.74) is 2.42. The number of aryl methyl sites for hydroxylation is 1. The van der Waals surface area contributed by atoms with Gasteiger partial charge in [-0.3, -0.25) is 0 Å². The van der Waals surface area contributed by atoms with E-state index in [4.69, 9.17) is 0 Å². The fourth-order valence-electron chi connectivity index (χ4n) is 3.06. The summed E-state index contributed by atoms with van der Waals surface area (Å²) < 4.78 is 13.3. The molecule has 1 aliphatic carbocycles. The molecule has 0 saturated heterocycles. The molecule has 0 amide bonds. The Morgan fingerprint density at radius 2 is 2.06 bits per heavy atom. The summed E-state index contributed by atoms with van der Waals surface area (Å²) in [5.74, 6) is 1.39. The van der Waals surface area contributed by atoms with Crippen molar-refractivity contribution in [1.29, 1.82) is 0 Å². The fraction of sp³-hybridized carbons (Fsp3) is 0.600. The van der Waals surface area contributed by atoms with Crippen LogP contribution in [-0.4, -0.2) is 13.6 Å². The molecule has 2 heteroatoms. The molecule has 1 nitrogen and oxygen atoms in total. The summed E-state index contributed by atoms with van der Waals surface area (Å²) in [6.45, 7) is 3.18. The third-order valence-electron chi connectivity index (χ3n) is 4.08. The topological polar surface area (TPSA) is 12.0 Å². The predicted molar refractivity (Wildman–Crippen MR) is 69.6 cm³/mol. The van der Waals surface area contributed by atoms with Crippen LogP contribution in [0.4, 0.5) is 4.39 Å². The molecule has 1 aliphatic rings. The van der Waals surface area contributed by atoms with Crippen molar-refractivity contribution in [2.24, 2.45) is 11.8 Å². The molecule has 94 valence electrons. The van der Waals surface area contributed by atoms with E-state index in [-0.39, 0.29) is 5.82 Å². The van der Waals surface area contributed by atoms with Crippen molar-refractivity contribution in [1.82, 2.24) is 5.32 Å². The Morgan fingerprint density at radius 3 is 2.82 bits per heavy atom. The van der Waals surface area contributed by atoms with E-state index in [0.29, 0.717) is 0 Å². The van der Waals surface area contributed by atoms with Crippen LogP contribution in [-0.2, 0) is 6.42 Å². The second-order valence-corrected chi connectivity index (χ2v) is 5.28. The van der Waals surface area contributed by atoms with E-state index in [1.54, 1.807) is 12.1 Å². The summed E-state index contributed by atoms with van der Waals surface area (Å²) >= 11 is 0. The molecule has 2 unspecified atom stereocenters. The highest BCUT2D eigenvalue weighted by molar-refractivity contribution is 5.27. The highest BCUT2D eigenvalue weighted by Crippen LogP contribution is 2.34. The summed E-state index contributed by atoms with van der Waals surface area (Å²) in [7, 11) is 2.02. The molecule has 0 bridgehead atoms. The zero-order chi connectivity index (χ0) is 12.3. The lowest BCUT2D eigenvalue weighted by Gasteiger charge is -2.20. The highest BCUT2D eigenvalue weighted by atomic mass is 19.1. The Labute approximate surface area is 103 Å². The molecule has 2 atom stereocenters. The van der Waals surface area contributed by atoms with Crippen LogP contribution < -0.4 is 5.32 Å². The largest absolute Gasteiger partial charge is 0.319 e. The first kappa shape index (κ1) is 12.6. The van der Waals surface area contributed by atoms with Crippen LogP contribution in [0, 0.1) is 24.6 Å². The number of hydrogen-bond donors (Lipinski definition) is 1. The van der Waals surface area contributed by atoms with Gasteiger partial charge in [-0.1, -0.05) is 12.5 Å². The van der Waals surface area contributed by atoms with Gasteiger partial charge in [-0.05, 0) is 74.9 Å². The molecule has 0 radical (unpaired) electrons. The van der Waals surface area contributed by atoms with Gasteiger partial charge in [0, 0.05) is 0 Å². The molecular formula is C15H22FN. The van der Waals surface area contributed by atoms with E-state index in [9.17, 15) is 4.39 Å². The van der Waals surface area contributed by atoms with Crippen LogP contribution in [0.1, 0.15) is 30.4 Å². The monoisotopic (exact) mass is 235 g/mol. The van der Waals surface area contributed by atoms with Crippen molar-refractivity contribution in [3.63, 3.8) is 0 Å². The Bertz CT molecular complexity index is 375. The molecule has 1 saturated carbocycles. The maximum Gasteiger partial charge on any atom is 0.123 e. The number of halogens is 1. The standard InChI is InChI=1S/C15H22FN/c1-11-6-7-15(16)9-14(11)8-12-4-3-5-13(12)10-17-2/h6-7,9,12-13,17H,3-5,8,10H2,1-2H3. The molecule has 0 aliphatic heterocycles. The number of nitrogens with one attached hydrogen (secondary N) is 1. The van der Waals surface area contributed by atoms with Crippen molar-refractivity contribution in [2.45, 2.75) is 32.6 Å². The van der Waals surface area contributed by atoms with Gasteiger partial charge in [0.25, 0.3) is 0 Å². The second kappa shape index (κ2) is 5.63. The van der Waals surface area contributed by atoms with Gasteiger partial charge >= 0.3 is 0 Å². The van der Waals surface area contributed by atoms with Crippen molar-refractivity contribution < 1.29 is 4.39 Å². The zero-order valence-corrected chi connectivity index (χ0v) is 10.8. The van der Waals surface area contributed by atoms with E-state index < -0.39 is 0 Å². The van der Waals surface area contributed by atoms with E-state index in [1.807, 2.05) is 13.1 Å². The van der Waals surface area contributed by atoms with Gasteiger partial charge in [-0.25, -0.2) is 4.39 Å². The van der Waals surface area contributed by atoms with Gasteiger partial charge < -0.3 is 5.32 Å². The Balaban J connectivity index is 2.06. The summed E-state index contributed by atoms with van der Waals surface area (Å²) in [6, 6.07) is 5.16. The van der Waals surface area contributed by atoms with Crippen LogP contribution in [0.3, 0.4) is 0 Å². The zero-order valence-electron chi connectivity index (χ0n) is 10.8. The molecule has 17 heavy (non-hydrogen) atoms. The van der Waals surface area contributed by atoms with Crippen LogP contribution in [0.15, 0.2) is 18.2 Å². The molecule has 0 aromatic heterocycles. The second-order valence-electron chi connectivity index (χ2n) is 5.28. The number of benzene rings is 1. The van der Waals surface area contributed by atoms with E-state index in [1.165, 1.54) is 30.4 Å². The number of rotatable bonds is 4. The van der Waals surface area contributed by atoms with E-state index >= 15 is 0 Å². The first-order valence-corrected chi connectivity index (χ1v) is 6.60. The van der Waals surface area contributed by atoms with Crippen molar-refractivity contribution in [2.75, 3.05) is 13.6 Å². The fourth-order valence-corrected chi connectivity index (χ4v) is 3.06. The third kappa shape index (κ3) is 3.06. The SMILES string of the molecule is CNCC1CCCC1Cc1cc(F)ccc1C. The van der Waals surface area contributed by atoms with Crippen molar-refractivity contribution in [3.05, 3.63) is 35.1 Å². The molecular weight excluding hydrogens is 213 g/mol. The Morgan fingerprint density at radius 1 is 1.29 bits per heavy atom. The molecule has 1 aromatic carbocycles. The Hall–Kier alpha value is -0.890. The molecule has 1 aromatic rings. The van der Waals surface area contributed by atoms with Gasteiger partial charge in [0.15, 0.2) is 0 Å². The highest BCUT2D eigenvalue weighted by Gasteiger charge is 2.26. The summed E-state index contributed by atoms with van der Waals surface area (Å²) in [5, 5.41) is 3.28. The van der Waals surface area contributed by atoms with Crippen LogP contribution in [0.2, 0.25) is 0 Å². The van der Waals surface area contributed by atoms with Gasteiger partial charge in [0.2, 0.25) is 0 Å². The third-order valence-corrected chi connectivity index (χ3v) is 4.08. The molecule has 1 N–H and O–H groups in total. The maximum atomic E-state index is 13.3. The van der Waals surface area contributed by atoms with Gasteiger partial charge in [0.1, 0.15) is 5.82 Å². The molecule has 1 fully saturated rings. The number of hydrogen-bond acceptors (Lipinski definition) is 1. The Kier molecular flexibility index (Phi) is 4.16. The molecule has 2 rings (SSSR count). The average Bonchev–Trinajstić information content (AvgIpc) is 2.72. The molecule has 0 heterocycles. The lowest BCUT2D eigenvalue weighted by atomic mass is 9.88.